The van der Waals surface area contributed by atoms with Crippen LogP contribution in [0, 0.1) is 0 Å². The van der Waals surface area contributed by atoms with Crippen molar-refractivity contribution in [1.29, 1.82) is 0 Å². The van der Waals surface area contributed by atoms with Crippen LogP contribution in [0.1, 0.15) is 0 Å². The molecule has 34 valence electrons. The molecule has 0 fully saturated rings. The fourth-order valence-electron chi connectivity index (χ4n) is 0.293. The van der Waals surface area contributed by atoms with Crippen molar-refractivity contribution in [3.63, 3.8) is 0 Å². The monoisotopic (exact) mass is 86.0 g/mol. The lowest BCUT2D eigenvalue weighted by Gasteiger charge is -1.87. The maximum atomic E-state index is 5.26. The van der Waals surface area contributed by atoms with Gasteiger partial charge in [0.2, 0.25) is 0 Å². The fourth-order valence-corrected chi connectivity index (χ4v) is 0.293. The highest BCUT2D eigenvalue weighted by molar-refractivity contribution is 5.64. The zero-order valence-corrected chi connectivity index (χ0v) is 3.29. The zero-order valence-electron chi connectivity index (χ0n) is 3.29. The van der Waals surface area contributed by atoms with Gasteiger partial charge >= 0.3 is 0 Å². The third-order valence-corrected chi connectivity index (χ3v) is 0.594. The summed E-state index contributed by atoms with van der Waals surface area (Å²) in [6.45, 7) is 0.542. The van der Waals surface area contributed by atoms with Crippen molar-refractivity contribution in [3.05, 3.63) is 0 Å². The summed E-state index contributed by atoms with van der Waals surface area (Å²) in [5, 5.41) is 3.41. The molecule has 3 heteroatoms. The minimum Gasteiger partial charge on any atom is -0.394 e. The van der Waals surface area contributed by atoms with Gasteiger partial charge in [0, 0.05) is 0 Å². The van der Waals surface area contributed by atoms with Crippen LogP contribution in [0.3, 0.4) is 0 Å². The second-order valence-electron chi connectivity index (χ2n) is 1.21. The molecular formula is C3H6N2O. The van der Waals surface area contributed by atoms with Gasteiger partial charge in [-0.1, -0.05) is 5.16 Å². The van der Waals surface area contributed by atoms with Crippen LogP contribution in [0.4, 0.5) is 0 Å². The van der Waals surface area contributed by atoms with E-state index in [1.165, 1.54) is 0 Å². The third-order valence-electron chi connectivity index (χ3n) is 0.594. The molecule has 0 saturated heterocycles. The van der Waals surface area contributed by atoms with Crippen molar-refractivity contribution in [2.24, 2.45) is 10.9 Å². The van der Waals surface area contributed by atoms with E-state index in [1.54, 1.807) is 6.21 Å². The average molecular weight is 86.1 g/mol. The summed E-state index contributed by atoms with van der Waals surface area (Å²) in [7, 11) is 0. The number of hydrogen-bond donors (Lipinski definition) is 1. The van der Waals surface area contributed by atoms with E-state index in [0.717, 1.165) is 0 Å². The molecule has 0 bridgehead atoms. The summed E-state index contributed by atoms with van der Waals surface area (Å²) >= 11 is 0. The van der Waals surface area contributed by atoms with E-state index in [0.29, 0.717) is 6.61 Å². The first-order chi connectivity index (χ1) is 2.89. The Morgan fingerprint density at radius 1 is 2.00 bits per heavy atom. The Labute approximate surface area is 35.8 Å². The van der Waals surface area contributed by atoms with Gasteiger partial charge in [-0.2, -0.15) is 0 Å². The van der Waals surface area contributed by atoms with Crippen LogP contribution in [-0.2, 0) is 4.84 Å². The van der Waals surface area contributed by atoms with Crippen LogP contribution in [-0.4, -0.2) is 18.9 Å². The lowest BCUT2D eigenvalue weighted by atomic mass is 10.4. The van der Waals surface area contributed by atoms with Crippen molar-refractivity contribution >= 4 is 6.21 Å². The van der Waals surface area contributed by atoms with E-state index in [4.69, 9.17) is 5.73 Å². The summed E-state index contributed by atoms with van der Waals surface area (Å²) < 4.78 is 0. The van der Waals surface area contributed by atoms with Crippen LogP contribution < -0.4 is 5.73 Å². The van der Waals surface area contributed by atoms with Crippen LogP contribution in [0.25, 0.3) is 0 Å². The predicted octanol–water partition coefficient (Wildman–Crippen LogP) is -0.670. The second kappa shape index (κ2) is 1.26. The highest BCUT2D eigenvalue weighted by Crippen LogP contribution is 1.86. The topological polar surface area (TPSA) is 47.6 Å². The van der Waals surface area contributed by atoms with Crippen molar-refractivity contribution in [1.82, 2.24) is 0 Å². The Balaban J connectivity index is 2.38. The molecule has 0 aromatic carbocycles. The first kappa shape index (κ1) is 3.61. The summed E-state index contributed by atoms with van der Waals surface area (Å²) in [6, 6.07) is 0.0324. The van der Waals surface area contributed by atoms with Crippen molar-refractivity contribution in [2.45, 2.75) is 6.04 Å². The van der Waals surface area contributed by atoms with Crippen LogP contribution in [0.5, 0.6) is 0 Å². The molecule has 0 saturated carbocycles. The SMILES string of the molecule is NC1C=NOC1. The van der Waals surface area contributed by atoms with Gasteiger partial charge in [0.05, 0.1) is 12.3 Å². The van der Waals surface area contributed by atoms with Gasteiger partial charge in [0.15, 0.2) is 0 Å². The zero-order chi connectivity index (χ0) is 4.41. The number of nitrogens with zero attached hydrogens (tertiary/aromatic N) is 1. The molecule has 0 spiro atoms. The minimum atomic E-state index is 0.0324. The number of oxime groups is 1. The Morgan fingerprint density at radius 3 is 3.00 bits per heavy atom. The molecule has 1 heterocycles. The fraction of sp³-hybridized carbons (Fsp3) is 0.667. The molecule has 1 atom stereocenters. The molecule has 3 nitrogen and oxygen atoms in total. The van der Waals surface area contributed by atoms with Gasteiger partial charge in [0.25, 0.3) is 0 Å². The molecule has 1 rings (SSSR count). The lowest BCUT2D eigenvalue weighted by molar-refractivity contribution is 0.167. The molecule has 6 heavy (non-hydrogen) atoms. The highest BCUT2D eigenvalue weighted by Gasteiger charge is 2.02. The molecule has 1 aliphatic heterocycles. The van der Waals surface area contributed by atoms with Crippen LogP contribution in [0.2, 0.25) is 0 Å². The Hall–Kier alpha value is -0.570. The van der Waals surface area contributed by atoms with E-state index in [1.807, 2.05) is 0 Å². The largest absolute Gasteiger partial charge is 0.394 e. The molecule has 0 aliphatic carbocycles. The van der Waals surface area contributed by atoms with Gasteiger partial charge in [-0.25, -0.2) is 0 Å². The molecule has 1 aliphatic rings. The minimum absolute atomic E-state index is 0.0324. The van der Waals surface area contributed by atoms with E-state index >= 15 is 0 Å². The normalized spacial score (nSPS) is 30.5. The molecule has 0 radical (unpaired) electrons. The van der Waals surface area contributed by atoms with E-state index < -0.39 is 0 Å². The van der Waals surface area contributed by atoms with Crippen molar-refractivity contribution in [3.8, 4) is 0 Å². The van der Waals surface area contributed by atoms with Gasteiger partial charge < -0.3 is 10.6 Å². The first-order valence-electron chi connectivity index (χ1n) is 1.80. The average Bonchev–Trinajstić information content (AvgIpc) is 1.86. The molecule has 2 N–H and O–H groups in total. The predicted molar refractivity (Wildman–Crippen MR) is 22.4 cm³/mol. The number of rotatable bonds is 0. The summed E-state index contributed by atoms with van der Waals surface area (Å²) in [4.78, 5) is 4.50. The van der Waals surface area contributed by atoms with Gasteiger partial charge in [-0.05, 0) is 0 Å². The molecule has 0 amide bonds. The van der Waals surface area contributed by atoms with Gasteiger partial charge in [-0.15, -0.1) is 0 Å². The maximum Gasteiger partial charge on any atom is 0.137 e. The summed E-state index contributed by atoms with van der Waals surface area (Å²) in [5.41, 5.74) is 5.26. The van der Waals surface area contributed by atoms with Crippen LogP contribution in [0.15, 0.2) is 5.16 Å². The highest BCUT2D eigenvalue weighted by atomic mass is 16.6. The molecule has 1 unspecified atom stereocenters. The standard InChI is InChI=1S/C3H6N2O/c4-3-1-5-6-2-3/h1,3H,2,4H2. The van der Waals surface area contributed by atoms with Crippen molar-refractivity contribution in [2.75, 3.05) is 6.61 Å². The van der Waals surface area contributed by atoms with Gasteiger partial charge in [0.1, 0.15) is 6.61 Å². The van der Waals surface area contributed by atoms with E-state index in [-0.39, 0.29) is 6.04 Å². The van der Waals surface area contributed by atoms with E-state index in [2.05, 4.69) is 9.99 Å². The Kier molecular flexibility index (Phi) is 0.759. The summed E-state index contributed by atoms with van der Waals surface area (Å²) in [5.74, 6) is 0. The quantitative estimate of drug-likeness (QED) is 0.425. The molecular weight excluding hydrogens is 80.0 g/mol. The Morgan fingerprint density at radius 2 is 2.83 bits per heavy atom. The lowest BCUT2D eigenvalue weighted by Crippen LogP contribution is -2.21. The molecule has 0 aromatic heterocycles. The van der Waals surface area contributed by atoms with Crippen LogP contribution >= 0.6 is 0 Å². The smallest absolute Gasteiger partial charge is 0.137 e. The van der Waals surface area contributed by atoms with Crippen molar-refractivity contribution < 1.29 is 4.84 Å². The second-order valence-corrected chi connectivity index (χ2v) is 1.21. The first-order valence-corrected chi connectivity index (χ1v) is 1.80. The van der Waals surface area contributed by atoms with Gasteiger partial charge in [-0.3, -0.25) is 0 Å². The summed E-state index contributed by atoms with van der Waals surface area (Å²) in [6.07, 6.45) is 1.58. The third kappa shape index (κ3) is 0.490. The maximum absolute atomic E-state index is 5.26. The number of nitrogens with two attached hydrogens (primary N) is 1. The number of hydrogen-bond acceptors (Lipinski definition) is 3. The molecule has 0 aromatic rings. The Bertz CT molecular complexity index is 71.2. The van der Waals surface area contributed by atoms with E-state index in [9.17, 15) is 0 Å².